The Hall–Kier alpha value is -2.24. The van der Waals surface area contributed by atoms with E-state index in [4.69, 9.17) is 9.47 Å². The molecule has 2 N–H and O–H groups in total. The van der Waals surface area contributed by atoms with Crippen LogP contribution in [0.15, 0.2) is 18.2 Å². The van der Waals surface area contributed by atoms with Crippen molar-refractivity contribution in [1.82, 2.24) is 10.6 Å². The van der Waals surface area contributed by atoms with Crippen molar-refractivity contribution in [1.29, 1.82) is 0 Å². The van der Waals surface area contributed by atoms with Gasteiger partial charge in [-0.3, -0.25) is 4.79 Å². The molecule has 1 aromatic rings. The van der Waals surface area contributed by atoms with Gasteiger partial charge < -0.3 is 20.1 Å². The number of Topliss-reactive ketones (excluding diaryl/α,β-unsaturated/α-hetero) is 1. The largest absolute Gasteiger partial charge is 0.490 e. The summed E-state index contributed by atoms with van der Waals surface area (Å²) in [6, 6.07) is 5.52. The molecule has 6 nitrogen and oxygen atoms in total. The molecule has 2 amide bonds. The molecule has 0 unspecified atom stereocenters. The van der Waals surface area contributed by atoms with Crippen molar-refractivity contribution in [2.75, 3.05) is 26.3 Å². The lowest BCUT2D eigenvalue weighted by Gasteiger charge is -2.12. The highest BCUT2D eigenvalue weighted by atomic mass is 16.5. The van der Waals surface area contributed by atoms with Gasteiger partial charge in [0.1, 0.15) is 5.78 Å². The second-order valence-corrected chi connectivity index (χ2v) is 5.03. The molecule has 0 aromatic heterocycles. The molecule has 0 aliphatic heterocycles. The van der Waals surface area contributed by atoms with E-state index < -0.39 is 0 Å². The van der Waals surface area contributed by atoms with Gasteiger partial charge in [0.15, 0.2) is 11.5 Å². The number of nitrogens with one attached hydrogen (secondary N) is 2. The number of ether oxygens (including phenoxy) is 2. The Bertz CT molecular complexity index is 517. The molecule has 0 spiro atoms. The molecule has 0 aliphatic rings. The molecule has 128 valence electrons. The van der Waals surface area contributed by atoms with Gasteiger partial charge in [0.05, 0.1) is 13.2 Å². The van der Waals surface area contributed by atoms with Crippen LogP contribution in [-0.2, 0) is 11.2 Å². The van der Waals surface area contributed by atoms with Gasteiger partial charge in [0, 0.05) is 19.5 Å². The highest BCUT2D eigenvalue weighted by molar-refractivity contribution is 5.77. The number of carbonyl (C=O) groups is 2. The number of benzene rings is 1. The van der Waals surface area contributed by atoms with Crippen LogP contribution in [0.25, 0.3) is 0 Å². The van der Waals surface area contributed by atoms with Gasteiger partial charge in [0.25, 0.3) is 0 Å². The highest BCUT2D eigenvalue weighted by Gasteiger charge is 2.07. The fraction of sp³-hybridized carbons (Fsp3) is 0.529. The topological polar surface area (TPSA) is 76.7 Å². The zero-order valence-corrected chi connectivity index (χ0v) is 14.1. The maximum atomic E-state index is 11.5. The number of urea groups is 1. The smallest absolute Gasteiger partial charge is 0.314 e. The maximum absolute atomic E-state index is 11.5. The lowest BCUT2D eigenvalue weighted by molar-refractivity contribution is -0.116. The van der Waals surface area contributed by atoms with Gasteiger partial charge >= 0.3 is 6.03 Å². The molecule has 0 radical (unpaired) electrons. The second kappa shape index (κ2) is 10.5. The third kappa shape index (κ3) is 7.54. The third-order valence-electron chi connectivity index (χ3n) is 3.07. The summed E-state index contributed by atoms with van der Waals surface area (Å²) in [4.78, 5) is 22.3. The van der Waals surface area contributed by atoms with E-state index in [0.717, 1.165) is 17.1 Å². The molecule has 0 saturated carbocycles. The molecule has 0 bridgehead atoms. The Morgan fingerprint density at radius 1 is 1.00 bits per heavy atom. The van der Waals surface area contributed by atoms with Crippen molar-refractivity contribution in [3.63, 3.8) is 0 Å². The molecule has 0 aliphatic carbocycles. The molecule has 1 aromatic carbocycles. The number of ketones is 1. The van der Waals surface area contributed by atoms with Gasteiger partial charge in [0.2, 0.25) is 0 Å². The summed E-state index contributed by atoms with van der Waals surface area (Å²) in [6.45, 7) is 7.38. The number of rotatable bonds is 10. The van der Waals surface area contributed by atoms with E-state index in [2.05, 4.69) is 10.6 Å². The van der Waals surface area contributed by atoms with Crippen LogP contribution in [0.4, 0.5) is 4.79 Å². The second-order valence-electron chi connectivity index (χ2n) is 5.03. The highest BCUT2D eigenvalue weighted by Crippen LogP contribution is 2.28. The minimum absolute atomic E-state index is 0.0585. The number of carbonyl (C=O) groups excluding carboxylic acids is 2. The Kier molecular flexibility index (Phi) is 8.57. The van der Waals surface area contributed by atoms with Gasteiger partial charge in [-0.05, 0) is 44.9 Å². The van der Waals surface area contributed by atoms with Crippen molar-refractivity contribution >= 4 is 11.8 Å². The molecular formula is C17H26N2O4. The van der Waals surface area contributed by atoms with Crippen molar-refractivity contribution < 1.29 is 19.1 Å². The predicted molar refractivity (Wildman–Crippen MR) is 89.2 cm³/mol. The van der Waals surface area contributed by atoms with Crippen LogP contribution in [0.5, 0.6) is 11.5 Å². The number of hydrogen-bond donors (Lipinski definition) is 2. The fourth-order valence-corrected chi connectivity index (χ4v) is 1.99. The predicted octanol–water partition coefficient (Wildman–Crippen LogP) is 2.30. The van der Waals surface area contributed by atoms with E-state index >= 15 is 0 Å². The SMILES string of the molecule is CCOc1ccc(CCNC(=O)NCCC(C)=O)cc1OCC. The Balaban J connectivity index is 2.43. The number of amides is 2. The summed E-state index contributed by atoms with van der Waals surface area (Å²) in [5.41, 5.74) is 1.06. The van der Waals surface area contributed by atoms with Crippen LogP contribution in [0.1, 0.15) is 32.8 Å². The Morgan fingerprint density at radius 2 is 1.65 bits per heavy atom. The molecule has 23 heavy (non-hydrogen) atoms. The van der Waals surface area contributed by atoms with Crippen LogP contribution in [0.3, 0.4) is 0 Å². The van der Waals surface area contributed by atoms with E-state index in [1.807, 2.05) is 32.0 Å². The maximum Gasteiger partial charge on any atom is 0.314 e. The minimum Gasteiger partial charge on any atom is -0.490 e. The van der Waals surface area contributed by atoms with Crippen molar-refractivity contribution in [2.45, 2.75) is 33.6 Å². The standard InChI is InChI=1S/C17H26N2O4/c1-4-22-15-7-6-14(12-16(15)23-5-2)9-11-19-17(21)18-10-8-13(3)20/h6-7,12H,4-5,8-11H2,1-3H3,(H2,18,19,21). The minimum atomic E-state index is -0.262. The molecule has 6 heteroatoms. The lowest BCUT2D eigenvalue weighted by atomic mass is 10.1. The van der Waals surface area contributed by atoms with E-state index in [0.29, 0.717) is 39.1 Å². The zero-order valence-electron chi connectivity index (χ0n) is 14.1. The molecule has 0 fully saturated rings. The zero-order chi connectivity index (χ0) is 17.1. The van der Waals surface area contributed by atoms with Gasteiger partial charge in [-0.2, -0.15) is 0 Å². The first-order valence-electron chi connectivity index (χ1n) is 7.96. The first kappa shape index (κ1) is 18.8. The molecular weight excluding hydrogens is 296 g/mol. The summed E-state index contributed by atoms with van der Waals surface area (Å²) in [7, 11) is 0. The third-order valence-corrected chi connectivity index (χ3v) is 3.07. The molecule has 0 saturated heterocycles. The monoisotopic (exact) mass is 322 g/mol. The molecule has 0 heterocycles. The normalized spacial score (nSPS) is 10.0. The fourth-order valence-electron chi connectivity index (χ4n) is 1.99. The average molecular weight is 322 g/mol. The Morgan fingerprint density at radius 3 is 2.30 bits per heavy atom. The number of hydrogen-bond acceptors (Lipinski definition) is 4. The molecule has 1 rings (SSSR count). The van der Waals surface area contributed by atoms with E-state index in [1.165, 1.54) is 6.92 Å². The summed E-state index contributed by atoms with van der Waals surface area (Å²) in [6.07, 6.45) is 1.04. The van der Waals surface area contributed by atoms with Crippen LogP contribution in [0, 0.1) is 0 Å². The van der Waals surface area contributed by atoms with Crippen LogP contribution >= 0.6 is 0 Å². The van der Waals surface area contributed by atoms with Gasteiger partial charge in [-0.15, -0.1) is 0 Å². The van der Waals surface area contributed by atoms with E-state index in [1.54, 1.807) is 0 Å². The van der Waals surface area contributed by atoms with Crippen molar-refractivity contribution in [2.24, 2.45) is 0 Å². The average Bonchev–Trinajstić information content (AvgIpc) is 2.50. The first-order chi connectivity index (χ1) is 11.1. The summed E-state index contributed by atoms with van der Waals surface area (Å²) < 4.78 is 11.1. The lowest BCUT2D eigenvalue weighted by Crippen LogP contribution is -2.37. The summed E-state index contributed by atoms with van der Waals surface area (Å²) in [5.74, 6) is 1.51. The quantitative estimate of drug-likeness (QED) is 0.693. The van der Waals surface area contributed by atoms with Gasteiger partial charge in [-0.25, -0.2) is 4.79 Å². The van der Waals surface area contributed by atoms with Crippen LogP contribution < -0.4 is 20.1 Å². The van der Waals surface area contributed by atoms with E-state index in [-0.39, 0.29) is 11.8 Å². The summed E-state index contributed by atoms with van der Waals surface area (Å²) >= 11 is 0. The van der Waals surface area contributed by atoms with Crippen molar-refractivity contribution in [3.8, 4) is 11.5 Å². The van der Waals surface area contributed by atoms with E-state index in [9.17, 15) is 9.59 Å². The Labute approximate surface area is 137 Å². The van der Waals surface area contributed by atoms with Crippen molar-refractivity contribution in [3.05, 3.63) is 23.8 Å². The van der Waals surface area contributed by atoms with Crippen LogP contribution in [0.2, 0.25) is 0 Å². The van der Waals surface area contributed by atoms with Gasteiger partial charge in [-0.1, -0.05) is 6.07 Å². The summed E-state index contributed by atoms with van der Waals surface area (Å²) in [5, 5.41) is 5.40. The first-order valence-corrected chi connectivity index (χ1v) is 7.96. The van der Waals surface area contributed by atoms with Crippen LogP contribution in [-0.4, -0.2) is 38.1 Å². The molecule has 0 atom stereocenters.